The van der Waals surface area contributed by atoms with Gasteiger partial charge in [-0.2, -0.15) is 0 Å². The molecule has 0 atom stereocenters. The van der Waals surface area contributed by atoms with Crippen LogP contribution < -0.4 is 16.6 Å². The zero-order valence-corrected chi connectivity index (χ0v) is 11.6. The van der Waals surface area contributed by atoms with Gasteiger partial charge in [-0.1, -0.05) is 18.7 Å². The molecule has 2 aromatic carbocycles. The molecule has 0 bridgehead atoms. The minimum atomic E-state index is -0.526. The molecule has 0 aliphatic rings. The summed E-state index contributed by atoms with van der Waals surface area (Å²) in [7, 11) is 0. The Balaban J connectivity index is 1.97. The SMILES string of the molecule is C=C(NNC(=O)c1ccc([N+](=O)[O-])cc1)c1cccc(N)c1. The second-order valence-electron chi connectivity index (χ2n) is 4.49. The average molecular weight is 298 g/mol. The molecule has 0 unspecified atom stereocenters. The van der Waals surface area contributed by atoms with E-state index in [1.54, 1.807) is 24.3 Å². The maximum Gasteiger partial charge on any atom is 0.269 e. The summed E-state index contributed by atoms with van der Waals surface area (Å²) in [6.07, 6.45) is 0. The maximum atomic E-state index is 11.9. The molecular formula is C15H14N4O3. The smallest absolute Gasteiger partial charge is 0.269 e. The van der Waals surface area contributed by atoms with Crippen LogP contribution in [0, 0.1) is 10.1 Å². The number of benzene rings is 2. The lowest BCUT2D eigenvalue weighted by Gasteiger charge is -2.11. The number of nitrogens with two attached hydrogens (primary N) is 1. The molecule has 0 radical (unpaired) electrons. The molecule has 2 rings (SSSR count). The molecule has 0 saturated heterocycles. The Labute approximate surface area is 126 Å². The number of amides is 1. The Morgan fingerprint density at radius 1 is 1.09 bits per heavy atom. The molecule has 0 saturated carbocycles. The number of nitro benzene ring substituents is 1. The molecule has 0 aliphatic heterocycles. The molecule has 7 nitrogen and oxygen atoms in total. The third kappa shape index (κ3) is 3.60. The molecule has 0 aliphatic carbocycles. The lowest BCUT2D eigenvalue weighted by atomic mass is 10.1. The first-order chi connectivity index (χ1) is 10.5. The van der Waals surface area contributed by atoms with Crippen molar-refractivity contribution in [2.45, 2.75) is 0 Å². The number of nitro groups is 1. The van der Waals surface area contributed by atoms with Crippen LogP contribution in [0.3, 0.4) is 0 Å². The van der Waals surface area contributed by atoms with Crippen molar-refractivity contribution >= 4 is 23.0 Å². The van der Waals surface area contributed by atoms with Gasteiger partial charge >= 0.3 is 0 Å². The number of nitrogen functional groups attached to an aromatic ring is 1. The molecule has 1 amide bonds. The molecule has 7 heteroatoms. The van der Waals surface area contributed by atoms with Crippen LogP contribution in [-0.2, 0) is 0 Å². The van der Waals surface area contributed by atoms with E-state index in [0.717, 1.165) is 5.56 Å². The third-order valence-electron chi connectivity index (χ3n) is 2.90. The molecule has 4 N–H and O–H groups in total. The summed E-state index contributed by atoms with van der Waals surface area (Å²) >= 11 is 0. The van der Waals surface area contributed by atoms with E-state index in [2.05, 4.69) is 17.4 Å². The molecule has 2 aromatic rings. The van der Waals surface area contributed by atoms with Gasteiger partial charge in [-0.25, -0.2) is 0 Å². The predicted molar refractivity (Wildman–Crippen MR) is 83.6 cm³/mol. The standard InChI is InChI=1S/C15H14N4O3/c1-10(12-3-2-4-13(16)9-12)17-18-15(20)11-5-7-14(8-6-11)19(21)22/h2-9,17H,1,16H2,(H,18,20). The van der Waals surface area contributed by atoms with Crippen molar-refractivity contribution in [2.75, 3.05) is 5.73 Å². The molecule has 0 fully saturated rings. The summed E-state index contributed by atoms with van der Waals surface area (Å²) in [5.41, 5.74) is 12.8. The number of nitrogens with zero attached hydrogens (tertiary/aromatic N) is 1. The van der Waals surface area contributed by atoms with Crippen molar-refractivity contribution in [3.8, 4) is 0 Å². The Morgan fingerprint density at radius 3 is 2.36 bits per heavy atom. The summed E-state index contributed by atoms with van der Waals surface area (Å²) in [4.78, 5) is 21.9. The van der Waals surface area contributed by atoms with Crippen LogP contribution in [-0.4, -0.2) is 10.8 Å². The number of hydrogen-bond acceptors (Lipinski definition) is 5. The number of rotatable bonds is 5. The highest BCUT2D eigenvalue weighted by Gasteiger charge is 2.09. The van der Waals surface area contributed by atoms with Crippen LogP contribution in [0.1, 0.15) is 15.9 Å². The van der Waals surface area contributed by atoms with E-state index in [0.29, 0.717) is 16.9 Å². The number of nitrogens with one attached hydrogen (secondary N) is 2. The van der Waals surface area contributed by atoms with Gasteiger partial charge in [-0.05, 0) is 24.3 Å². The van der Waals surface area contributed by atoms with Crippen LogP contribution >= 0.6 is 0 Å². The maximum absolute atomic E-state index is 11.9. The highest BCUT2D eigenvalue weighted by atomic mass is 16.6. The van der Waals surface area contributed by atoms with Gasteiger partial charge in [0.2, 0.25) is 0 Å². The van der Waals surface area contributed by atoms with Gasteiger partial charge in [0, 0.05) is 28.9 Å². The van der Waals surface area contributed by atoms with Crippen molar-refractivity contribution in [3.63, 3.8) is 0 Å². The Morgan fingerprint density at radius 2 is 1.77 bits per heavy atom. The fraction of sp³-hybridized carbons (Fsp3) is 0. The van der Waals surface area contributed by atoms with Crippen LogP contribution in [0.5, 0.6) is 0 Å². The quantitative estimate of drug-likeness (QED) is 0.444. The molecule has 22 heavy (non-hydrogen) atoms. The van der Waals surface area contributed by atoms with Crippen molar-refractivity contribution in [2.24, 2.45) is 0 Å². The molecule has 112 valence electrons. The van der Waals surface area contributed by atoms with E-state index in [1.807, 2.05) is 0 Å². The first-order valence-electron chi connectivity index (χ1n) is 6.33. The fourth-order valence-corrected chi connectivity index (χ4v) is 1.74. The summed E-state index contributed by atoms with van der Waals surface area (Å²) in [6.45, 7) is 3.80. The largest absolute Gasteiger partial charge is 0.399 e. The summed E-state index contributed by atoms with van der Waals surface area (Å²) in [5, 5.41) is 10.6. The van der Waals surface area contributed by atoms with Crippen molar-refractivity contribution < 1.29 is 9.72 Å². The normalized spacial score (nSPS) is 9.82. The van der Waals surface area contributed by atoms with Gasteiger partial charge in [-0.3, -0.25) is 25.8 Å². The number of anilines is 1. The van der Waals surface area contributed by atoms with Gasteiger partial charge in [0.15, 0.2) is 0 Å². The van der Waals surface area contributed by atoms with Crippen molar-refractivity contribution in [1.29, 1.82) is 0 Å². The van der Waals surface area contributed by atoms with Gasteiger partial charge in [0.05, 0.1) is 10.6 Å². The van der Waals surface area contributed by atoms with Gasteiger partial charge in [-0.15, -0.1) is 0 Å². The highest BCUT2D eigenvalue weighted by molar-refractivity contribution is 5.94. The van der Waals surface area contributed by atoms with Crippen LogP contribution in [0.4, 0.5) is 11.4 Å². The topological polar surface area (TPSA) is 110 Å². The average Bonchev–Trinajstić information content (AvgIpc) is 2.52. The predicted octanol–water partition coefficient (Wildman–Crippen LogP) is 2.08. The van der Waals surface area contributed by atoms with Gasteiger partial charge < -0.3 is 5.73 Å². The second kappa shape index (κ2) is 6.40. The second-order valence-corrected chi connectivity index (χ2v) is 4.49. The zero-order valence-electron chi connectivity index (χ0n) is 11.6. The van der Waals surface area contributed by atoms with Crippen LogP contribution in [0.25, 0.3) is 5.70 Å². The molecule has 0 spiro atoms. The van der Waals surface area contributed by atoms with E-state index in [9.17, 15) is 14.9 Å². The Hall–Kier alpha value is -3.35. The monoisotopic (exact) mass is 298 g/mol. The summed E-state index contributed by atoms with van der Waals surface area (Å²) in [5.74, 6) is -0.431. The highest BCUT2D eigenvalue weighted by Crippen LogP contribution is 2.13. The lowest BCUT2D eigenvalue weighted by molar-refractivity contribution is -0.384. The van der Waals surface area contributed by atoms with E-state index in [-0.39, 0.29) is 5.69 Å². The summed E-state index contributed by atoms with van der Waals surface area (Å²) in [6, 6.07) is 12.3. The first kappa shape index (κ1) is 15.0. The van der Waals surface area contributed by atoms with E-state index in [4.69, 9.17) is 5.73 Å². The van der Waals surface area contributed by atoms with E-state index < -0.39 is 10.8 Å². The van der Waals surface area contributed by atoms with Crippen molar-refractivity contribution in [3.05, 3.63) is 76.4 Å². The fourth-order valence-electron chi connectivity index (χ4n) is 1.74. The third-order valence-corrected chi connectivity index (χ3v) is 2.90. The number of carbonyl (C=O) groups excluding carboxylic acids is 1. The number of carbonyl (C=O) groups is 1. The molecule has 0 aromatic heterocycles. The first-order valence-corrected chi connectivity index (χ1v) is 6.33. The Bertz CT molecular complexity index is 726. The molecular weight excluding hydrogens is 284 g/mol. The van der Waals surface area contributed by atoms with E-state index in [1.165, 1.54) is 24.3 Å². The number of hydrogen-bond donors (Lipinski definition) is 3. The minimum Gasteiger partial charge on any atom is -0.399 e. The number of hydrazine groups is 1. The summed E-state index contributed by atoms with van der Waals surface area (Å²) < 4.78 is 0. The van der Waals surface area contributed by atoms with E-state index >= 15 is 0 Å². The lowest BCUT2D eigenvalue weighted by Crippen LogP contribution is -2.35. The van der Waals surface area contributed by atoms with Gasteiger partial charge in [0.25, 0.3) is 11.6 Å². The van der Waals surface area contributed by atoms with Gasteiger partial charge in [0.1, 0.15) is 0 Å². The zero-order chi connectivity index (χ0) is 16.1. The van der Waals surface area contributed by atoms with Crippen LogP contribution in [0.2, 0.25) is 0 Å². The minimum absolute atomic E-state index is 0.0753. The van der Waals surface area contributed by atoms with Crippen LogP contribution in [0.15, 0.2) is 55.1 Å². The molecule has 0 heterocycles. The van der Waals surface area contributed by atoms with Crippen molar-refractivity contribution in [1.82, 2.24) is 10.9 Å². The Kier molecular flexibility index (Phi) is 4.38. The number of non-ortho nitro benzene ring substituents is 1.